The van der Waals surface area contributed by atoms with E-state index in [-0.39, 0.29) is 0 Å². The Morgan fingerprint density at radius 3 is 2.00 bits per heavy atom. The number of aryl methyl sites for hydroxylation is 1. The van der Waals surface area contributed by atoms with Crippen molar-refractivity contribution < 1.29 is 0 Å². The van der Waals surface area contributed by atoms with Crippen LogP contribution >= 0.6 is 0 Å². The van der Waals surface area contributed by atoms with Gasteiger partial charge in [-0.2, -0.15) is 0 Å². The molecule has 2 aromatic rings. The average Bonchev–Trinajstić information content (AvgIpc) is 2.63. The van der Waals surface area contributed by atoms with Gasteiger partial charge in [0.15, 0.2) is 0 Å². The molecule has 3 rings (SSSR count). The minimum atomic E-state index is 0.773. The van der Waals surface area contributed by atoms with Crippen LogP contribution in [0.15, 0.2) is 48.5 Å². The van der Waals surface area contributed by atoms with Gasteiger partial charge < -0.3 is 0 Å². The van der Waals surface area contributed by atoms with Crippen molar-refractivity contribution in [1.82, 2.24) is 0 Å². The van der Waals surface area contributed by atoms with Gasteiger partial charge in [0.05, 0.1) is 0 Å². The zero-order valence-corrected chi connectivity index (χ0v) is 14.4. The summed E-state index contributed by atoms with van der Waals surface area (Å²) in [5, 5.41) is 0. The predicted octanol–water partition coefficient (Wildman–Crippen LogP) is 6.95. The second-order valence-corrected chi connectivity index (χ2v) is 6.92. The number of unbranched alkanes of at least 4 members (excludes halogenated alkanes) is 2. The van der Waals surface area contributed by atoms with Crippen molar-refractivity contribution >= 4 is 0 Å². The molecule has 1 fully saturated rings. The highest BCUT2D eigenvalue weighted by molar-refractivity contribution is 5.64. The first-order valence-electron chi connectivity index (χ1n) is 9.38. The molecule has 1 radical (unpaired) electrons. The summed E-state index contributed by atoms with van der Waals surface area (Å²) < 4.78 is 0. The highest BCUT2D eigenvalue weighted by atomic mass is 14.2. The van der Waals surface area contributed by atoms with Crippen molar-refractivity contribution in [2.75, 3.05) is 0 Å². The van der Waals surface area contributed by atoms with Crippen LogP contribution in [0.4, 0.5) is 0 Å². The maximum atomic E-state index is 2.44. The minimum Gasteiger partial charge on any atom is -0.0654 e. The summed E-state index contributed by atoms with van der Waals surface area (Å²) in [4.78, 5) is 0. The third-order valence-corrected chi connectivity index (χ3v) is 5.18. The van der Waals surface area contributed by atoms with Crippen molar-refractivity contribution in [2.24, 2.45) is 0 Å². The molecule has 0 aromatic heterocycles. The second-order valence-electron chi connectivity index (χ2n) is 6.92. The molecule has 23 heavy (non-hydrogen) atoms. The van der Waals surface area contributed by atoms with Gasteiger partial charge in [-0.1, -0.05) is 68.3 Å². The van der Waals surface area contributed by atoms with Crippen LogP contribution in [0.3, 0.4) is 0 Å². The lowest BCUT2D eigenvalue weighted by Crippen LogP contribution is -2.04. The molecule has 0 saturated heterocycles. The Bertz CT molecular complexity index is 570. The predicted molar refractivity (Wildman–Crippen MR) is 101 cm³/mol. The fourth-order valence-electron chi connectivity index (χ4n) is 3.65. The van der Waals surface area contributed by atoms with E-state index < -0.39 is 0 Å². The van der Waals surface area contributed by atoms with E-state index in [1.165, 1.54) is 73.6 Å². The van der Waals surface area contributed by atoms with Gasteiger partial charge in [-0.15, -0.1) is 0 Å². The van der Waals surface area contributed by atoms with Crippen LogP contribution in [-0.4, -0.2) is 0 Å². The summed E-state index contributed by atoms with van der Waals surface area (Å²) in [6.45, 7) is 2.26. The van der Waals surface area contributed by atoms with Crippen LogP contribution in [0.2, 0.25) is 0 Å². The largest absolute Gasteiger partial charge is 0.0654 e. The van der Waals surface area contributed by atoms with Crippen LogP contribution < -0.4 is 0 Å². The van der Waals surface area contributed by atoms with Crippen LogP contribution in [0.25, 0.3) is 11.1 Å². The fourth-order valence-corrected chi connectivity index (χ4v) is 3.65. The van der Waals surface area contributed by atoms with Gasteiger partial charge in [0, 0.05) is 0 Å². The Morgan fingerprint density at radius 1 is 0.783 bits per heavy atom. The zero-order valence-electron chi connectivity index (χ0n) is 14.4. The topological polar surface area (TPSA) is 0 Å². The highest BCUT2D eigenvalue weighted by Crippen LogP contribution is 2.33. The second kappa shape index (κ2) is 8.34. The van der Waals surface area contributed by atoms with Crippen molar-refractivity contribution in [3.63, 3.8) is 0 Å². The molecule has 0 spiro atoms. The normalized spacial score (nSPS) is 15.7. The summed E-state index contributed by atoms with van der Waals surface area (Å²) in [6.07, 6.45) is 12.8. The van der Waals surface area contributed by atoms with Gasteiger partial charge >= 0.3 is 0 Å². The number of hydrogen-bond acceptors (Lipinski definition) is 0. The smallest absolute Gasteiger partial charge is 0.0162 e. The monoisotopic (exact) mass is 305 g/mol. The molecule has 0 aliphatic heterocycles. The first kappa shape index (κ1) is 16.3. The summed E-state index contributed by atoms with van der Waals surface area (Å²) in [5.74, 6) is 0.773. The Hall–Kier alpha value is -1.56. The SMILES string of the molecule is CCCCCc1ccc(-c2ccc(C3CC[CH]CC3)cc2)cc1. The van der Waals surface area contributed by atoms with E-state index in [1.807, 2.05) is 0 Å². The molecule has 0 atom stereocenters. The summed E-state index contributed by atoms with van der Waals surface area (Å²) in [5.41, 5.74) is 5.68. The van der Waals surface area contributed by atoms with Crippen LogP contribution in [0.1, 0.15) is 68.9 Å². The third kappa shape index (κ3) is 4.47. The molecule has 0 nitrogen and oxygen atoms in total. The van der Waals surface area contributed by atoms with Crippen LogP contribution in [0, 0.1) is 6.42 Å². The fraction of sp³-hybridized carbons (Fsp3) is 0.435. The lowest BCUT2D eigenvalue weighted by molar-refractivity contribution is 0.512. The van der Waals surface area contributed by atoms with E-state index in [0.29, 0.717) is 0 Å². The van der Waals surface area contributed by atoms with E-state index >= 15 is 0 Å². The molecule has 1 aliphatic carbocycles. The molecular weight excluding hydrogens is 276 g/mol. The number of hydrogen-bond donors (Lipinski definition) is 0. The van der Waals surface area contributed by atoms with Gasteiger partial charge in [-0.05, 0) is 73.1 Å². The molecule has 2 aromatic carbocycles. The molecular formula is C23H29. The lowest BCUT2D eigenvalue weighted by Gasteiger charge is -2.22. The third-order valence-electron chi connectivity index (χ3n) is 5.18. The van der Waals surface area contributed by atoms with Crippen molar-refractivity contribution in [1.29, 1.82) is 0 Å². The first-order valence-corrected chi connectivity index (χ1v) is 9.38. The standard InChI is InChI=1S/C23H29/c1-2-3-5-8-19-11-13-21(14-12-19)23-17-15-22(16-18-23)20-9-6-4-7-10-20/h4,11-18,20H,2-3,5-10H2,1H3. The zero-order chi connectivity index (χ0) is 15.9. The molecule has 0 heteroatoms. The molecule has 0 amide bonds. The quantitative estimate of drug-likeness (QED) is 0.507. The Kier molecular flexibility index (Phi) is 5.91. The van der Waals surface area contributed by atoms with Crippen molar-refractivity contribution in [2.45, 2.75) is 64.2 Å². The lowest BCUT2D eigenvalue weighted by atomic mass is 9.83. The van der Waals surface area contributed by atoms with E-state index in [4.69, 9.17) is 0 Å². The maximum Gasteiger partial charge on any atom is -0.0162 e. The highest BCUT2D eigenvalue weighted by Gasteiger charge is 2.15. The molecule has 121 valence electrons. The van der Waals surface area contributed by atoms with Crippen LogP contribution in [-0.2, 0) is 6.42 Å². The summed E-state index contributed by atoms with van der Waals surface area (Å²) >= 11 is 0. The number of benzene rings is 2. The van der Waals surface area contributed by atoms with Gasteiger partial charge in [0.25, 0.3) is 0 Å². The molecule has 0 N–H and O–H groups in total. The van der Waals surface area contributed by atoms with Crippen LogP contribution in [0.5, 0.6) is 0 Å². The Morgan fingerprint density at radius 2 is 1.39 bits per heavy atom. The van der Waals surface area contributed by atoms with Gasteiger partial charge in [0.2, 0.25) is 0 Å². The number of rotatable bonds is 6. The van der Waals surface area contributed by atoms with E-state index in [2.05, 4.69) is 61.9 Å². The minimum absolute atomic E-state index is 0.773. The molecule has 1 aliphatic rings. The average molecular weight is 305 g/mol. The molecule has 0 heterocycles. The Balaban J connectivity index is 1.64. The van der Waals surface area contributed by atoms with E-state index in [1.54, 1.807) is 0 Å². The first-order chi connectivity index (χ1) is 11.4. The van der Waals surface area contributed by atoms with E-state index in [9.17, 15) is 0 Å². The Labute approximate surface area is 141 Å². The maximum absolute atomic E-state index is 2.44. The molecule has 1 saturated carbocycles. The molecule has 0 bridgehead atoms. The van der Waals surface area contributed by atoms with Gasteiger partial charge in [-0.3, -0.25) is 0 Å². The van der Waals surface area contributed by atoms with Gasteiger partial charge in [0.1, 0.15) is 0 Å². The van der Waals surface area contributed by atoms with Crippen molar-refractivity contribution in [3.05, 3.63) is 66.1 Å². The van der Waals surface area contributed by atoms with Gasteiger partial charge in [-0.25, -0.2) is 0 Å². The molecule has 0 unspecified atom stereocenters. The van der Waals surface area contributed by atoms with Crippen molar-refractivity contribution in [3.8, 4) is 11.1 Å². The van der Waals surface area contributed by atoms with E-state index in [0.717, 1.165) is 5.92 Å². The summed E-state index contributed by atoms with van der Waals surface area (Å²) in [7, 11) is 0. The summed E-state index contributed by atoms with van der Waals surface area (Å²) in [6, 6.07) is 18.5.